The molecule has 0 aliphatic heterocycles. The third kappa shape index (κ3) is 4.23. The number of hydrogen-bond acceptors (Lipinski definition) is 6. The maximum Gasteiger partial charge on any atom is 0.176 e. The summed E-state index contributed by atoms with van der Waals surface area (Å²) in [4.78, 5) is 15.1. The van der Waals surface area contributed by atoms with Gasteiger partial charge in [-0.3, -0.25) is 15.1 Å². The molecule has 36 heavy (non-hydrogen) atoms. The Bertz CT molecular complexity index is 1680. The van der Waals surface area contributed by atoms with Crippen molar-refractivity contribution in [3.8, 4) is 38.7 Å². The first-order chi connectivity index (χ1) is 17.5. The molecule has 0 saturated heterocycles. The number of ether oxygens (including phenoxy) is 1. The number of hydrogen-bond donors (Lipinski definition) is 2. The van der Waals surface area contributed by atoms with Gasteiger partial charge in [0.05, 0.1) is 29.1 Å². The number of likely N-dealkylation sites (N-methyl/N-ethyl adjacent to an activating group) is 1. The van der Waals surface area contributed by atoms with Crippen LogP contribution in [0.25, 0.3) is 54.8 Å². The van der Waals surface area contributed by atoms with E-state index in [-0.39, 0.29) is 5.13 Å². The zero-order valence-corrected chi connectivity index (χ0v) is 20.6. The third-order valence-corrected chi connectivity index (χ3v) is 6.96. The van der Waals surface area contributed by atoms with Gasteiger partial charge in [-0.1, -0.05) is 6.07 Å². The fourth-order valence-electron chi connectivity index (χ4n) is 4.23. The van der Waals surface area contributed by atoms with Crippen LogP contribution in [0.3, 0.4) is 0 Å². The van der Waals surface area contributed by atoms with Gasteiger partial charge in [0.1, 0.15) is 18.1 Å². The molecule has 0 spiro atoms. The van der Waals surface area contributed by atoms with E-state index >= 15 is 0 Å². The maximum atomic E-state index is 13.7. The summed E-state index contributed by atoms with van der Waals surface area (Å²) < 4.78 is 19.5. The second kappa shape index (κ2) is 9.18. The SMILES string of the molecule is CN(C)CCOc1cncc(-c2ccc3[nH]nc(-c4cc5c(-c6ccc(F)s6)cncc5[nH]4)c3c2)c1. The van der Waals surface area contributed by atoms with E-state index in [1.807, 2.05) is 44.6 Å². The molecule has 6 aromatic rings. The number of fused-ring (bicyclic) bond motifs is 2. The monoisotopic (exact) mass is 498 g/mol. The van der Waals surface area contributed by atoms with Crippen molar-refractivity contribution in [2.45, 2.75) is 0 Å². The Morgan fingerprint density at radius 3 is 2.64 bits per heavy atom. The van der Waals surface area contributed by atoms with Crippen molar-refractivity contribution >= 4 is 33.1 Å². The summed E-state index contributed by atoms with van der Waals surface area (Å²) in [6.45, 7) is 1.43. The Labute approximate surface area is 210 Å². The number of aromatic amines is 2. The lowest BCUT2D eigenvalue weighted by molar-refractivity contribution is 0.261. The molecule has 9 heteroatoms. The van der Waals surface area contributed by atoms with Crippen molar-refractivity contribution < 1.29 is 9.13 Å². The molecule has 0 aliphatic rings. The lowest BCUT2D eigenvalue weighted by Gasteiger charge is -2.11. The second-order valence-corrected chi connectivity index (χ2v) is 9.86. The predicted molar refractivity (Wildman–Crippen MR) is 142 cm³/mol. The third-order valence-electron chi connectivity index (χ3n) is 6.06. The van der Waals surface area contributed by atoms with Crippen LogP contribution in [-0.4, -0.2) is 57.3 Å². The van der Waals surface area contributed by atoms with Gasteiger partial charge in [-0.05, 0) is 56.1 Å². The molecule has 0 fully saturated rings. The van der Waals surface area contributed by atoms with Crippen LogP contribution in [0.1, 0.15) is 0 Å². The summed E-state index contributed by atoms with van der Waals surface area (Å²) in [6.07, 6.45) is 7.12. The minimum absolute atomic E-state index is 0.217. The van der Waals surface area contributed by atoms with Gasteiger partial charge in [-0.25, -0.2) is 0 Å². The van der Waals surface area contributed by atoms with Crippen molar-refractivity contribution in [3.05, 3.63) is 72.4 Å². The second-order valence-electron chi connectivity index (χ2n) is 8.83. The minimum Gasteiger partial charge on any atom is -0.491 e. The largest absolute Gasteiger partial charge is 0.491 e. The molecule has 0 radical (unpaired) electrons. The first kappa shape index (κ1) is 22.4. The average molecular weight is 499 g/mol. The van der Waals surface area contributed by atoms with Crippen LogP contribution in [-0.2, 0) is 0 Å². The zero-order chi connectivity index (χ0) is 24.6. The van der Waals surface area contributed by atoms with Gasteiger partial charge in [-0.2, -0.15) is 9.49 Å². The number of rotatable bonds is 7. The summed E-state index contributed by atoms with van der Waals surface area (Å²) in [5.41, 5.74) is 6.34. The van der Waals surface area contributed by atoms with Crippen molar-refractivity contribution in [1.29, 1.82) is 0 Å². The molecule has 2 N–H and O–H groups in total. The molecule has 1 aromatic carbocycles. The van der Waals surface area contributed by atoms with Gasteiger partial charge in [-0.15, -0.1) is 11.3 Å². The number of halogens is 1. The van der Waals surface area contributed by atoms with Crippen LogP contribution in [0.2, 0.25) is 0 Å². The average Bonchev–Trinajstić information content (AvgIpc) is 3.61. The summed E-state index contributed by atoms with van der Waals surface area (Å²) in [5.74, 6) is 0.738. The highest BCUT2D eigenvalue weighted by Crippen LogP contribution is 2.36. The van der Waals surface area contributed by atoms with Gasteiger partial charge in [0.2, 0.25) is 0 Å². The van der Waals surface area contributed by atoms with Crippen LogP contribution >= 0.6 is 11.3 Å². The highest BCUT2D eigenvalue weighted by atomic mass is 32.1. The number of aromatic nitrogens is 5. The highest BCUT2D eigenvalue weighted by Gasteiger charge is 2.15. The number of H-pyrrole nitrogens is 2. The normalized spacial score (nSPS) is 11.7. The zero-order valence-electron chi connectivity index (χ0n) is 19.7. The molecule has 7 nitrogen and oxygen atoms in total. The van der Waals surface area contributed by atoms with E-state index in [1.54, 1.807) is 24.7 Å². The van der Waals surface area contributed by atoms with Crippen LogP contribution in [0.15, 0.2) is 67.3 Å². The van der Waals surface area contributed by atoms with Gasteiger partial charge >= 0.3 is 0 Å². The Hall–Kier alpha value is -4.08. The quantitative estimate of drug-likeness (QED) is 0.283. The molecule has 5 aromatic heterocycles. The number of nitrogens with one attached hydrogen (secondary N) is 2. The van der Waals surface area contributed by atoms with Gasteiger partial charge in [0, 0.05) is 45.7 Å². The van der Waals surface area contributed by atoms with E-state index in [4.69, 9.17) is 4.74 Å². The lowest BCUT2D eigenvalue weighted by Crippen LogP contribution is -2.19. The van der Waals surface area contributed by atoms with Crippen LogP contribution in [0, 0.1) is 5.13 Å². The number of nitrogens with zero attached hydrogens (tertiary/aromatic N) is 4. The first-order valence-corrected chi connectivity index (χ1v) is 12.3. The summed E-state index contributed by atoms with van der Waals surface area (Å²) >= 11 is 1.11. The Balaban J connectivity index is 1.37. The van der Waals surface area contributed by atoms with Gasteiger partial charge in [0.15, 0.2) is 5.13 Å². The summed E-state index contributed by atoms with van der Waals surface area (Å²) in [6, 6.07) is 13.5. The Kier molecular flexibility index (Phi) is 5.71. The molecular weight excluding hydrogens is 475 g/mol. The molecule has 0 amide bonds. The molecule has 6 rings (SSSR count). The van der Waals surface area contributed by atoms with Crippen molar-refractivity contribution in [2.75, 3.05) is 27.2 Å². The topological polar surface area (TPSA) is 82.7 Å². The fraction of sp³-hybridized carbons (Fsp3) is 0.148. The van der Waals surface area contributed by atoms with E-state index in [2.05, 4.69) is 36.1 Å². The van der Waals surface area contributed by atoms with Gasteiger partial charge < -0.3 is 14.6 Å². The number of benzene rings is 1. The molecular formula is C27H23FN6OS. The maximum absolute atomic E-state index is 13.7. The number of thiophene rings is 1. The van der Waals surface area contributed by atoms with E-state index in [0.29, 0.717) is 6.61 Å². The van der Waals surface area contributed by atoms with E-state index in [9.17, 15) is 4.39 Å². The standard InChI is InChI=1S/C27H23FN6OS/c1-34(2)7-8-35-18-9-17(12-29-13-18)16-3-4-22-20(10-16)27(33-32-22)23-11-19-21(14-30-15-24(19)31-23)25-5-6-26(28)36-25/h3-6,9-15,31H,7-8H2,1-2H3,(H,32,33). The Morgan fingerprint density at radius 2 is 1.81 bits per heavy atom. The van der Waals surface area contributed by atoms with Crippen molar-refractivity contribution in [2.24, 2.45) is 0 Å². The van der Waals surface area contributed by atoms with Crippen LogP contribution < -0.4 is 4.74 Å². The van der Waals surface area contributed by atoms with Crippen molar-refractivity contribution in [3.63, 3.8) is 0 Å². The molecule has 0 bridgehead atoms. The highest BCUT2D eigenvalue weighted by molar-refractivity contribution is 7.14. The molecule has 0 saturated carbocycles. The fourth-order valence-corrected chi connectivity index (χ4v) is 4.99. The van der Waals surface area contributed by atoms with Crippen molar-refractivity contribution in [1.82, 2.24) is 30.0 Å². The molecule has 180 valence electrons. The minimum atomic E-state index is -0.217. The first-order valence-electron chi connectivity index (χ1n) is 11.5. The smallest absolute Gasteiger partial charge is 0.176 e. The number of pyridine rings is 2. The molecule has 0 atom stereocenters. The molecule has 0 aliphatic carbocycles. The molecule has 5 heterocycles. The van der Waals surface area contributed by atoms with E-state index < -0.39 is 0 Å². The van der Waals surface area contributed by atoms with Crippen LogP contribution in [0.4, 0.5) is 4.39 Å². The lowest BCUT2D eigenvalue weighted by atomic mass is 10.0. The summed E-state index contributed by atoms with van der Waals surface area (Å²) in [5, 5.41) is 9.47. The summed E-state index contributed by atoms with van der Waals surface area (Å²) in [7, 11) is 4.03. The molecule has 0 unspecified atom stereocenters. The van der Waals surface area contributed by atoms with E-state index in [0.717, 1.165) is 78.4 Å². The van der Waals surface area contributed by atoms with Crippen LogP contribution in [0.5, 0.6) is 5.75 Å². The van der Waals surface area contributed by atoms with Gasteiger partial charge in [0.25, 0.3) is 0 Å². The Morgan fingerprint density at radius 1 is 0.917 bits per heavy atom. The van der Waals surface area contributed by atoms with E-state index in [1.165, 1.54) is 6.07 Å². The predicted octanol–water partition coefficient (Wildman–Crippen LogP) is 5.98.